The summed E-state index contributed by atoms with van der Waals surface area (Å²) in [6, 6.07) is -1.08. The number of carboxylic acids is 1. The predicted molar refractivity (Wildman–Crippen MR) is 30.6 cm³/mol. The topological polar surface area (TPSA) is 52.2 Å². The Hall–Kier alpha value is -1.13. The fraction of sp³-hybridized carbons (Fsp3) is 0.500. The van der Waals surface area contributed by atoms with Gasteiger partial charge in [0.25, 0.3) is 5.92 Å². The van der Waals surface area contributed by atoms with Gasteiger partial charge < -0.3 is 15.2 Å². The highest BCUT2D eigenvalue weighted by atomic mass is 19.3. The van der Waals surface area contributed by atoms with E-state index in [2.05, 4.69) is 6.58 Å². The molecule has 0 radical (unpaired) electrons. The molecule has 5 heteroatoms. The monoisotopic (exact) mass is 162 g/mol. The number of rotatable bonds is 3. The van der Waals surface area contributed by atoms with Crippen molar-refractivity contribution in [3.63, 3.8) is 0 Å². The zero-order chi connectivity index (χ0) is 8.65. The minimum Gasteiger partial charge on any atom is -0.543 e. The molecule has 1 atom stereocenters. The zero-order valence-corrected chi connectivity index (χ0v) is 5.56. The van der Waals surface area contributed by atoms with Gasteiger partial charge in [0, 0.05) is 6.42 Å². The molecule has 0 aliphatic heterocycles. The quantitative estimate of drug-likeness (QED) is 0.555. The molecule has 0 saturated heterocycles. The van der Waals surface area contributed by atoms with Crippen molar-refractivity contribution in [1.82, 2.24) is 5.32 Å². The molecule has 1 fully saturated rings. The van der Waals surface area contributed by atoms with Crippen molar-refractivity contribution in [2.75, 3.05) is 0 Å². The smallest absolute Gasteiger partial charge is 0.270 e. The van der Waals surface area contributed by atoms with Gasteiger partial charge in [-0.1, -0.05) is 6.58 Å². The van der Waals surface area contributed by atoms with Crippen LogP contribution in [0.15, 0.2) is 12.3 Å². The Kier molecular flexibility index (Phi) is 1.58. The first-order chi connectivity index (χ1) is 4.93. The number of hydrogen-bond acceptors (Lipinski definition) is 3. The first kappa shape index (κ1) is 7.97. The van der Waals surface area contributed by atoms with Gasteiger partial charge in [-0.15, -0.1) is 0 Å². The van der Waals surface area contributed by atoms with Crippen LogP contribution in [-0.4, -0.2) is 17.9 Å². The molecule has 0 spiro atoms. The number of nitrogens with one attached hydrogen (secondary N) is 1. The van der Waals surface area contributed by atoms with Gasteiger partial charge in [0.05, 0.1) is 17.7 Å². The van der Waals surface area contributed by atoms with Crippen molar-refractivity contribution in [2.45, 2.75) is 18.4 Å². The maximum absolute atomic E-state index is 12.1. The number of carboxylic acid groups (broad SMARTS) is 1. The molecule has 0 aromatic heterocycles. The molecule has 1 aliphatic carbocycles. The highest BCUT2D eigenvalue weighted by Gasteiger charge is 2.57. The van der Waals surface area contributed by atoms with Crippen LogP contribution >= 0.6 is 0 Å². The number of alkyl halides is 2. The van der Waals surface area contributed by atoms with E-state index >= 15 is 0 Å². The summed E-state index contributed by atoms with van der Waals surface area (Å²) in [6.07, 6.45) is -0.334. The Morgan fingerprint density at radius 3 is 2.45 bits per heavy atom. The predicted octanol–water partition coefficient (Wildman–Crippen LogP) is -0.753. The summed E-state index contributed by atoms with van der Waals surface area (Å²) in [5.74, 6) is -4.33. The Labute approximate surface area is 61.7 Å². The van der Waals surface area contributed by atoms with Crippen LogP contribution in [0.4, 0.5) is 8.78 Å². The van der Waals surface area contributed by atoms with E-state index in [-0.39, 0.29) is 6.42 Å². The van der Waals surface area contributed by atoms with E-state index in [0.717, 1.165) is 0 Å². The number of carbonyl (C=O) groups is 1. The molecule has 0 aromatic rings. The van der Waals surface area contributed by atoms with Crippen molar-refractivity contribution in [3.05, 3.63) is 12.3 Å². The lowest BCUT2D eigenvalue weighted by Gasteiger charge is -2.08. The van der Waals surface area contributed by atoms with E-state index in [1.54, 1.807) is 0 Å². The molecule has 0 amide bonds. The SMILES string of the molecule is C=C(NC1CC1(F)F)C(=O)[O-]. The first-order valence-corrected chi connectivity index (χ1v) is 2.98. The van der Waals surface area contributed by atoms with E-state index < -0.39 is 23.6 Å². The van der Waals surface area contributed by atoms with Crippen molar-refractivity contribution >= 4 is 5.97 Å². The maximum atomic E-state index is 12.1. The third-order valence-corrected chi connectivity index (χ3v) is 1.42. The summed E-state index contributed by atoms with van der Waals surface area (Å²) < 4.78 is 24.2. The Morgan fingerprint density at radius 2 is 2.18 bits per heavy atom. The second-order valence-electron chi connectivity index (χ2n) is 2.43. The average molecular weight is 162 g/mol. The third-order valence-electron chi connectivity index (χ3n) is 1.42. The lowest BCUT2D eigenvalue weighted by atomic mass is 10.5. The Balaban J connectivity index is 2.35. The number of halogens is 2. The zero-order valence-electron chi connectivity index (χ0n) is 5.56. The molecule has 1 N–H and O–H groups in total. The standard InChI is InChI=1S/C6H7F2NO2/c1-3(5(10)11)9-4-2-6(4,7)8/h4,9H,1-2H2,(H,10,11)/p-1. The average Bonchev–Trinajstić information content (AvgIpc) is 2.39. The molecule has 1 unspecified atom stereocenters. The molecule has 1 aliphatic rings. The van der Waals surface area contributed by atoms with Crippen LogP contribution in [0.1, 0.15) is 6.42 Å². The van der Waals surface area contributed by atoms with Crippen molar-refractivity contribution in [1.29, 1.82) is 0 Å². The molecule has 62 valence electrons. The second kappa shape index (κ2) is 2.18. The highest BCUT2D eigenvalue weighted by Crippen LogP contribution is 2.41. The molecule has 0 heterocycles. The summed E-state index contributed by atoms with van der Waals surface area (Å²) in [7, 11) is 0. The van der Waals surface area contributed by atoms with Gasteiger partial charge in [0.1, 0.15) is 0 Å². The number of aliphatic carboxylic acids is 1. The van der Waals surface area contributed by atoms with Gasteiger partial charge in [-0.2, -0.15) is 0 Å². The van der Waals surface area contributed by atoms with E-state index in [1.165, 1.54) is 0 Å². The molecule has 0 bridgehead atoms. The summed E-state index contributed by atoms with van der Waals surface area (Å²) in [5, 5.41) is 12.0. The summed E-state index contributed by atoms with van der Waals surface area (Å²) in [6.45, 7) is 2.99. The highest BCUT2D eigenvalue weighted by molar-refractivity contribution is 5.83. The van der Waals surface area contributed by atoms with Gasteiger partial charge in [-0.25, -0.2) is 8.78 Å². The van der Waals surface area contributed by atoms with E-state index in [4.69, 9.17) is 0 Å². The second-order valence-corrected chi connectivity index (χ2v) is 2.43. The lowest BCUT2D eigenvalue weighted by molar-refractivity contribution is -0.299. The van der Waals surface area contributed by atoms with E-state index in [1.807, 2.05) is 5.32 Å². The molecule has 1 saturated carbocycles. The van der Waals surface area contributed by atoms with E-state index in [9.17, 15) is 18.7 Å². The molecule has 1 rings (SSSR count). The number of hydrogen-bond donors (Lipinski definition) is 1. The molecular weight excluding hydrogens is 156 g/mol. The normalized spacial score (nSPS) is 25.8. The van der Waals surface area contributed by atoms with Crippen LogP contribution in [0.2, 0.25) is 0 Å². The van der Waals surface area contributed by atoms with Crippen LogP contribution in [-0.2, 0) is 4.79 Å². The van der Waals surface area contributed by atoms with Crippen molar-refractivity contribution in [2.24, 2.45) is 0 Å². The molecule has 3 nitrogen and oxygen atoms in total. The van der Waals surface area contributed by atoms with E-state index in [0.29, 0.717) is 0 Å². The fourth-order valence-electron chi connectivity index (χ4n) is 0.639. The van der Waals surface area contributed by atoms with Gasteiger partial charge in [-0.3, -0.25) is 0 Å². The Morgan fingerprint density at radius 1 is 1.73 bits per heavy atom. The molecular formula is C6H6F2NO2-. The first-order valence-electron chi connectivity index (χ1n) is 2.98. The summed E-state index contributed by atoms with van der Waals surface area (Å²) in [4.78, 5) is 9.96. The van der Waals surface area contributed by atoms with Crippen LogP contribution < -0.4 is 10.4 Å². The third kappa shape index (κ3) is 1.66. The number of carbonyl (C=O) groups excluding carboxylic acids is 1. The molecule has 0 aromatic carbocycles. The van der Waals surface area contributed by atoms with Gasteiger partial charge in [0.15, 0.2) is 0 Å². The van der Waals surface area contributed by atoms with Crippen molar-refractivity contribution in [3.8, 4) is 0 Å². The van der Waals surface area contributed by atoms with Crippen LogP contribution in [0.5, 0.6) is 0 Å². The van der Waals surface area contributed by atoms with Crippen LogP contribution in [0.3, 0.4) is 0 Å². The minimum absolute atomic E-state index is 0.334. The van der Waals surface area contributed by atoms with Crippen molar-refractivity contribution < 1.29 is 18.7 Å². The van der Waals surface area contributed by atoms with Gasteiger partial charge >= 0.3 is 0 Å². The fourth-order valence-corrected chi connectivity index (χ4v) is 0.639. The maximum Gasteiger partial charge on any atom is 0.270 e. The van der Waals surface area contributed by atoms with Gasteiger partial charge in [-0.05, 0) is 0 Å². The molecule has 11 heavy (non-hydrogen) atoms. The van der Waals surface area contributed by atoms with Crippen LogP contribution in [0.25, 0.3) is 0 Å². The summed E-state index contributed by atoms with van der Waals surface area (Å²) >= 11 is 0. The Bertz CT molecular complexity index is 215. The lowest BCUT2D eigenvalue weighted by Crippen LogP contribution is -2.34. The summed E-state index contributed by atoms with van der Waals surface area (Å²) in [5.41, 5.74) is -0.493. The minimum atomic E-state index is -2.78. The largest absolute Gasteiger partial charge is 0.543 e. The van der Waals surface area contributed by atoms with Crippen LogP contribution in [0, 0.1) is 0 Å². The van der Waals surface area contributed by atoms with Gasteiger partial charge in [0.2, 0.25) is 0 Å².